The molecule has 0 radical (unpaired) electrons. The van der Waals surface area contributed by atoms with E-state index in [9.17, 15) is 4.39 Å². The van der Waals surface area contributed by atoms with Crippen LogP contribution in [-0.2, 0) is 13.1 Å². The zero-order valence-corrected chi connectivity index (χ0v) is 16.0. The zero-order valence-electron chi connectivity index (χ0n) is 16.0. The summed E-state index contributed by atoms with van der Waals surface area (Å²) in [5.74, 6) is 0.414. The minimum absolute atomic E-state index is 0.289. The molecule has 30 heavy (non-hydrogen) atoms. The van der Waals surface area contributed by atoms with Gasteiger partial charge in [-0.1, -0.05) is 24.3 Å². The van der Waals surface area contributed by atoms with Gasteiger partial charge in [0.15, 0.2) is 5.65 Å². The van der Waals surface area contributed by atoms with Crippen LogP contribution in [0.25, 0.3) is 16.7 Å². The highest BCUT2D eigenvalue weighted by molar-refractivity contribution is 5.87. The average Bonchev–Trinajstić information content (AvgIpc) is 3.44. The van der Waals surface area contributed by atoms with Gasteiger partial charge < -0.3 is 5.32 Å². The highest BCUT2D eigenvalue weighted by atomic mass is 19.1. The van der Waals surface area contributed by atoms with Crippen molar-refractivity contribution in [3.8, 4) is 5.69 Å². The Labute approximate surface area is 171 Å². The summed E-state index contributed by atoms with van der Waals surface area (Å²) in [6.45, 7) is 1.37. The van der Waals surface area contributed by atoms with Crippen molar-refractivity contribution in [2.75, 3.05) is 5.32 Å². The number of nitrogens with one attached hydrogen (secondary N) is 1. The van der Waals surface area contributed by atoms with Gasteiger partial charge in [0.25, 0.3) is 0 Å². The van der Waals surface area contributed by atoms with Crippen LogP contribution in [0.4, 0.5) is 10.2 Å². The Morgan fingerprint density at radius 1 is 0.900 bits per heavy atom. The average molecular weight is 399 g/mol. The number of hydrogen-bond donors (Lipinski definition) is 1. The van der Waals surface area contributed by atoms with Crippen molar-refractivity contribution < 1.29 is 4.39 Å². The lowest BCUT2D eigenvalue weighted by molar-refractivity contribution is 0.627. The lowest BCUT2D eigenvalue weighted by Gasteiger charge is -2.08. The molecule has 3 aromatic heterocycles. The Kier molecular flexibility index (Phi) is 4.65. The van der Waals surface area contributed by atoms with Crippen LogP contribution in [0.2, 0.25) is 0 Å². The molecule has 0 bridgehead atoms. The van der Waals surface area contributed by atoms with Gasteiger partial charge in [-0.25, -0.2) is 19.0 Å². The molecule has 0 aliphatic heterocycles. The number of hydrogen-bond acceptors (Lipinski definition) is 5. The third kappa shape index (κ3) is 3.62. The molecule has 7 nitrogen and oxygen atoms in total. The summed E-state index contributed by atoms with van der Waals surface area (Å²) in [7, 11) is 0. The van der Waals surface area contributed by atoms with Crippen molar-refractivity contribution in [1.82, 2.24) is 29.5 Å². The molecule has 2 aromatic carbocycles. The molecule has 3 heterocycles. The number of fused-ring (bicyclic) bond motifs is 1. The van der Waals surface area contributed by atoms with E-state index in [1.54, 1.807) is 29.2 Å². The van der Waals surface area contributed by atoms with Crippen LogP contribution in [-0.4, -0.2) is 29.5 Å². The zero-order chi connectivity index (χ0) is 20.3. The molecule has 0 fully saturated rings. The van der Waals surface area contributed by atoms with Crippen molar-refractivity contribution in [1.29, 1.82) is 0 Å². The molecule has 1 N–H and O–H groups in total. The molecule has 0 atom stereocenters. The second kappa shape index (κ2) is 7.75. The van der Waals surface area contributed by atoms with E-state index in [-0.39, 0.29) is 5.82 Å². The smallest absolute Gasteiger partial charge is 0.168 e. The largest absolute Gasteiger partial charge is 0.365 e. The summed E-state index contributed by atoms with van der Waals surface area (Å²) in [6, 6.07) is 16.4. The van der Waals surface area contributed by atoms with Crippen LogP contribution >= 0.6 is 0 Å². The first-order valence-electron chi connectivity index (χ1n) is 9.50. The molecule has 8 heteroatoms. The molecule has 0 aliphatic carbocycles. The fourth-order valence-corrected chi connectivity index (χ4v) is 3.29. The number of benzene rings is 2. The maximum Gasteiger partial charge on any atom is 0.168 e. The molecular weight excluding hydrogens is 381 g/mol. The fourth-order valence-electron chi connectivity index (χ4n) is 3.29. The van der Waals surface area contributed by atoms with Gasteiger partial charge in [-0.05, 0) is 41.5 Å². The minimum atomic E-state index is -0.289. The van der Waals surface area contributed by atoms with Gasteiger partial charge in [0.1, 0.15) is 18.0 Å². The molecule has 0 saturated carbocycles. The monoisotopic (exact) mass is 399 g/mol. The van der Waals surface area contributed by atoms with E-state index in [0.29, 0.717) is 18.0 Å². The summed E-state index contributed by atoms with van der Waals surface area (Å²) >= 11 is 0. The Hall–Kier alpha value is -4.07. The summed E-state index contributed by atoms with van der Waals surface area (Å²) in [5.41, 5.74) is 3.72. The van der Waals surface area contributed by atoms with Gasteiger partial charge in [0, 0.05) is 18.9 Å². The van der Waals surface area contributed by atoms with E-state index >= 15 is 0 Å². The van der Waals surface area contributed by atoms with E-state index in [1.807, 2.05) is 16.9 Å². The number of aromatic nitrogens is 6. The first kappa shape index (κ1) is 18.0. The molecule has 148 valence electrons. The minimum Gasteiger partial charge on any atom is -0.365 e. The SMILES string of the molecule is Fc1ccc(-n2ncc3c(NCc4ccc(Cn5cccn5)cc4)ncnc32)cc1. The van der Waals surface area contributed by atoms with Crippen molar-refractivity contribution in [3.05, 3.63) is 96.5 Å². The molecule has 0 saturated heterocycles. The van der Waals surface area contributed by atoms with Gasteiger partial charge in [-0.15, -0.1) is 0 Å². The standard InChI is InChI=1S/C22H18FN7/c23-18-6-8-19(9-7-18)30-22-20(13-28-30)21(25-15-26-22)24-12-16-2-4-17(5-3-16)14-29-11-1-10-27-29/h1-11,13,15H,12,14H2,(H,24,25,26). The Morgan fingerprint density at radius 3 is 2.47 bits per heavy atom. The molecule has 5 aromatic rings. The van der Waals surface area contributed by atoms with Crippen LogP contribution in [0.3, 0.4) is 0 Å². The summed E-state index contributed by atoms with van der Waals surface area (Å²) < 4.78 is 16.8. The molecule has 0 aliphatic rings. The van der Waals surface area contributed by atoms with Gasteiger partial charge in [-0.2, -0.15) is 10.2 Å². The number of rotatable bonds is 6. The number of anilines is 1. The Morgan fingerprint density at radius 2 is 1.70 bits per heavy atom. The molecule has 5 rings (SSSR count). The summed E-state index contributed by atoms with van der Waals surface area (Å²) in [5, 5.41) is 12.8. The van der Waals surface area contributed by atoms with E-state index < -0.39 is 0 Å². The van der Waals surface area contributed by atoms with Gasteiger partial charge >= 0.3 is 0 Å². The Bertz CT molecular complexity index is 1260. The van der Waals surface area contributed by atoms with Crippen LogP contribution in [0.5, 0.6) is 0 Å². The predicted octanol–water partition coefficient (Wildman–Crippen LogP) is 3.81. The van der Waals surface area contributed by atoms with Crippen molar-refractivity contribution in [2.45, 2.75) is 13.1 Å². The van der Waals surface area contributed by atoms with E-state index in [2.05, 4.69) is 49.7 Å². The van der Waals surface area contributed by atoms with Gasteiger partial charge in [-0.3, -0.25) is 4.68 Å². The van der Waals surface area contributed by atoms with Crippen LogP contribution in [0, 0.1) is 5.82 Å². The highest BCUT2D eigenvalue weighted by Crippen LogP contribution is 2.22. The first-order chi connectivity index (χ1) is 14.8. The second-order valence-electron chi connectivity index (χ2n) is 6.87. The fraction of sp³-hybridized carbons (Fsp3) is 0.0909. The second-order valence-corrected chi connectivity index (χ2v) is 6.87. The lowest BCUT2D eigenvalue weighted by Crippen LogP contribution is -2.04. The van der Waals surface area contributed by atoms with Gasteiger partial charge in [0.05, 0.1) is 23.8 Å². The number of nitrogens with zero attached hydrogens (tertiary/aromatic N) is 6. The quantitative estimate of drug-likeness (QED) is 0.470. The van der Waals surface area contributed by atoms with Crippen molar-refractivity contribution in [3.63, 3.8) is 0 Å². The molecular formula is C22H18FN7. The van der Waals surface area contributed by atoms with Crippen molar-refractivity contribution >= 4 is 16.9 Å². The van der Waals surface area contributed by atoms with Crippen LogP contribution in [0.15, 0.2) is 79.5 Å². The molecule has 0 amide bonds. The summed E-state index contributed by atoms with van der Waals surface area (Å²) in [6.07, 6.45) is 6.94. The first-order valence-corrected chi connectivity index (χ1v) is 9.50. The molecule has 0 unspecified atom stereocenters. The topological polar surface area (TPSA) is 73.5 Å². The predicted molar refractivity (Wildman–Crippen MR) is 112 cm³/mol. The normalized spacial score (nSPS) is 11.1. The summed E-state index contributed by atoms with van der Waals surface area (Å²) in [4.78, 5) is 8.71. The highest BCUT2D eigenvalue weighted by Gasteiger charge is 2.11. The van der Waals surface area contributed by atoms with E-state index in [4.69, 9.17) is 0 Å². The maximum atomic E-state index is 13.2. The lowest BCUT2D eigenvalue weighted by atomic mass is 10.1. The maximum absolute atomic E-state index is 13.2. The van der Waals surface area contributed by atoms with Gasteiger partial charge in [0.2, 0.25) is 0 Å². The van der Waals surface area contributed by atoms with E-state index in [1.165, 1.54) is 24.0 Å². The van der Waals surface area contributed by atoms with Crippen molar-refractivity contribution in [2.24, 2.45) is 0 Å². The third-order valence-electron chi connectivity index (χ3n) is 4.82. The van der Waals surface area contributed by atoms with Crippen LogP contribution < -0.4 is 5.32 Å². The third-order valence-corrected chi connectivity index (χ3v) is 4.82. The van der Waals surface area contributed by atoms with E-state index in [0.717, 1.165) is 23.2 Å². The number of halogens is 1. The Balaban J connectivity index is 1.33. The molecule has 0 spiro atoms. The van der Waals surface area contributed by atoms with Crippen LogP contribution in [0.1, 0.15) is 11.1 Å².